The molecule has 126 valence electrons. The Balaban J connectivity index is 1.38. The number of rotatable bonds is 4. The summed E-state index contributed by atoms with van der Waals surface area (Å²) in [5, 5.41) is 4.34. The zero-order valence-electron chi connectivity index (χ0n) is 13.2. The second-order valence-electron chi connectivity index (χ2n) is 6.40. The van der Waals surface area contributed by atoms with Gasteiger partial charge in [-0.1, -0.05) is 11.8 Å². The molecule has 1 atom stereocenters. The van der Waals surface area contributed by atoms with Crippen LogP contribution >= 0.6 is 23.4 Å². The van der Waals surface area contributed by atoms with Gasteiger partial charge in [-0.2, -0.15) is 0 Å². The van der Waals surface area contributed by atoms with Crippen LogP contribution in [-0.2, 0) is 0 Å². The number of piperidine rings is 3. The molecule has 3 aliphatic rings. The van der Waals surface area contributed by atoms with Crippen molar-refractivity contribution in [3.63, 3.8) is 0 Å². The molecule has 0 saturated carbocycles. The van der Waals surface area contributed by atoms with E-state index in [0.717, 1.165) is 16.5 Å². The molecular weight excluding hydrogens is 344 g/mol. The number of hydrogen-bond donors (Lipinski definition) is 1. The van der Waals surface area contributed by atoms with E-state index in [1.807, 2.05) is 30.3 Å². The Hall–Kier alpha value is -1.43. The zero-order chi connectivity index (χ0) is 16.5. The zero-order valence-corrected chi connectivity index (χ0v) is 14.8. The summed E-state index contributed by atoms with van der Waals surface area (Å²) in [5.74, 6) is 0.656. The smallest absolute Gasteiger partial charge is 0.251 e. The van der Waals surface area contributed by atoms with Gasteiger partial charge in [-0.3, -0.25) is 4.79 Å². The lowest BCUT2D eigenvalue weighted by molar-refractivity contribution is 0.0620. The molecule has 6 heteroatoms. The first-order valence-electron chi connectivity index (χ1n) is 8.24. The molecule has 1 aromatic carbocycles. The molecule has 0 spiro atoms. The minimum Gasteiger partial charge on any atom is -0.438 e. The third kappa shape index (κ3) is 3.48. The maximum absolute atomic E-state index is 12.5. The highest BCUT2D eigenvalue weighted by Gasteiger charge is 2.34. The van der Waals surface area contributed by atoms with Crippen LogP contribution in [0.4, 0.5) is 0 Å². The third-order valence-corrected chi connectivity index (χ3v) is 5.99. The van der Waals surface area contributed by atoms with E-state index in [4.69, 9.17) is 16.0 Å². The van der Waals surface area contributed by atoms with Crippen molar-refractivity contribution in [2.24, 2.45) is 5.92 Å². The van der Waals surface area contributed by atoms with Gasteiger partial charge in [-0.25, -0.2) is 0 Å². The van der Waals surface area contributed by atoms with Gasteiger partial charge in [0.05, 0.1) is 0 Å². The molecule has 1 N–H and O–H groups in total. The summed E-state index contributed by atoms with van der Waals surface area (Å²) in [6, 6.07) is 11.5. The van der Waals surface area contributed by atoms with Crippen molar-refractivity contribution in [2.45, 2.75) is 28.9 Å². The predicted molar refractivity (Wildman–Crippen MR) is 94.7 cm³/mol. The second-order valence-corrected chi connectivity index (χ2v) is 7.85. The van der Waals surface area contributed by atoms with E-state index in [9.17, 15) is 4.79 Å². The van der Waals surface area contributed by atoms with Crippen LogP contribution in [0, 0.1) is 5.92 Å². The summed E-state index contributed by atoms with van der Waals surface area (Å²) in [5.41, 5.74) is 0.702. The van der Waals surface area contributed by atoms with Crippen LogP contribution in [0.15, 0.2) is 50.8 Å². The molecule has 2 bridgehead atoms. The SMILES string of the molecule is O=C(N[C@H]1CN2CCC1CC2)c1ccc(Sc2ccc(Cl)o2)cc1. The van der Waals surface area contributed by atoms with E-state index in [-0.39, 0.29) is 5.91 Å². The quantitative estimate of drug-likeness (QED) is 0.895. The lowest BCUT2D eigenvalue weighted by Gasteiger charge is -2.44. The number of halogens is 1. The maximum Gasteiger partial charge on any atom is 0.251 e. The van der Waals surface area contributed by atoms with Crippen LogP contribution in [0.25, 0.3) is 0 Å². The molecule has 0 radical (unpaired) electrons. The summed E-state index contributed by atoms with van der Waals surface area (Å²) in [6.45, 7) is 3.35. The molecular formula is C18H19ClN2O2S. The van der Waals surface area contributed by atoms with Crippen LogP contribution in [0.3, 0.4) is 0 Å². The fraction of sp³-hybridized carbons (Fsp3) is 0.389. The number of fused-ring (bicyclic) bond motifs is 3. The summed E-state index contributed by atoms with van der Waals surface area (Å²) in [6.07, 6.45) is 2.40. The first-order valence-corrected chi connectivity index (χ1v) is 9.43. The molecule has 4 heterocycles. The van der Waals surface area contributed by atoms with Crippen LogP contribution in [-0.4, -0.2) is 36.5 Å². The number of nitrogens with one attached hydrogen (secondary N) is 1. The summed E-state index contributed by atoms with van der Waals surface area (Å²) >= 11 is 7.26. The Morgan fingerprint density at radius 2 is 1.92 bits per heavy atom. The van der Waals surface area contributed by atoms with Crippen molar-refractivity contribution < 1.29 is 9.21 Å². The number of benzene rings is 1. The Morgan fingerprint density at radius 1 is 1.17 bits per heavy atom. The number of nitrogens with zero attached hydrogens (tertiary/aromatic N) is 1. The monoisotopic (exact) mass is 362 g/mol. The van der Waals surface area contributed by atoms with Gasteiger partial charge in [0.2, 0.25) is 0 Å². The van der Waals surface area contributed by atoms with Gasteiger partial charge in [0.15, 0.2) is 10.3 Å². The third-order valence-electron chi connectivity index (χ3n) is 4.86. The fourth-order valence-corrected chi connectivity index (χ4v) is 4.49. The molecule has 3 saturated heterocycles. The molecule has 5 rings (SSSR count). The van der Waals surface area contributed by atoms with Crippen molar-refractivity contribution in [3.05, 3.63) is 47.2 Å². The van der Waals surface area contributed by atoms with E-state index >= 15 is 0 Å². The Labute approximate surface area is 150 Å². The topological polar surface area (TPSA) is 45.5 Å². The second kappa shape index (κ2) is 6.82. The highest BCUT2D eigenvalue weighted by atomic mass is 35.5. The molecule has 4 nitrogen and oxygen atoms in total. The first kappa shape index (κ1) is 16.1. The average molecular weight is 363 g/mol. The molecule has 0 unspecified atom stereocenters. The number of amides is 1. The number of carbonyl (C=O) groups excluding carboxylic acids is 1. The molecule has 0 aliphatic carbocycles. The highest BCUT2D eigenvalue weighted by Crippen LogP contribution is 2.31. The molecule has 2 aromatic rings. The average Bonchev–Trinajstić information content (AvgIpc) is 3.01. The van der Waals surface area contributed by atoms with Gasteiger partial charge in [-0.05, 0) is 79.8 Å². The van der Waals surface area contributed by atoms with Gasteiger partial charge in [-0.15, -0.1) is 0 Å². The van der Waals surface area contributed by atoms with Crippen molar-refractivity contribution in [1.82, 2.24) is 10.2 Å². The van der Waals surface area contributed by atoms with E-state index in [2.05, 4.69) is 10.2 Å². The molecule has 1 aromatic heterocycles. The normalized spacial score (nSPS) is 25.6. The summed E-state index contributed by atoms with van der Waals surface area (Å²) in [7, 11) is 0. The van der Waals surface area contributed by atoms with Crippen molar-refractivity contribution >= 4 is 29.3 Å². The Morgan fingerprint density at radius 3 is 2.50 bits per heavy atom. The molecule has 1 amide bonds. The first-order chi connectivity index (χ1) is 11.7. The fourth-order valence-electron chi connectivity index (χ4n) is 3.52. The maximum atomic E-state index is 12.5. The predicted octanol–water partition coefficient (Wildman–Crippen LogP) is 3.91. The van der Waals surface area contributed by atoms with Gasteiger partial charge in [0, 0.05) is 23.0 Å². The van der Waals surface area contributed by atoms with Crippen molar-refractivity contribution in [2.75, 3.05) is 19.6 Å². The highest BCUT2D eigenvalue weighted by molar-refractivity contribution is 7.99. The lowest BCUT2D eigenvalue weighted by atomic mass is 9.84. The van der Waals surface area contributed by atoms with E-state index in [1.165, 1.54) is 37.7 Å². The van der Waals surface area contributed by atoms with Crippen molar-refractivity contribution in [1.29, 1.82) is 0 Å². The molecule has 3 fully saturated rings. The Kier molecular flexibility index (Phi) is 4.57. The number of hydrogen-bond acceptors (Lipinski definition) is 4. The van der Waals surface area contributed by atoms with Crippen LogP contribution in [0.5, 0.6) is 0 Å². The minimum absolute atomic E-state index is 0.0198. The minimum atomic E-state index is 0.0198. The van der Waals surface area contributed by atoms with Crippen LogP contribution in [0.2, 0.25) is 5.22 Å². The Bertz CT molecular complexity index is 723. The van der Waals surface area contributed by atoms with Gasteiger partial charge in [0.1, 0.15) is 0 Å². The van der Waals surface area contributed by atoms with Gasteiger partial charge >= 0.3 is 0 Å². The van der Waals surface area contributed by atoms with Gasteiger partial charge in [0.25, 0.3) is 5.91 Å². The number of carbonyl (C=O) groups is 1. The van der Waals surface area contributed by atoms with E-state index in [1.54, 1.807) is 6.07 Å². The van der Waals surface area contributed by atoms with Crippen molar-refractivity contribution in [3.8, 4) is 0 Å². The van der Waals surface area contributed by atoms with Crippen LogP contribution in [0.1, 0.15) is 23.2 Å². The largest absolute Gasteiger partial charge is 0.438 e. The standard InChI is InChI=1S/C18H19ClN2O2S/c19-16-5-6-17(23-16)24-14-3-1-13(2-4-14)18(22)20-15-11-21-9-7-12(15)8-10-21/h1-6,12,15H,7-11H2,(H,20,22)/t15-/m0/s1. The number of furan rings is 1. The van der Waals surface area contributed by atoms with E-state index in [0.29, 0.717) is 22.7 Å². The van der Waals surface area contributed by atoms with Crippen LogP contribution < -0.4 is 5.32 Å². The van der Waals surface area contributed by atoms with Gasteiger partial charge < -0.3 is 14.6 Å². The molecule has 24 heavy (non-hydrogen) atoms. The lowest BCUT2D eigenvalue weighted by Crippen LogP contribution is -2.57. The summed E-state index contributed by atoms with van der Waals surface area (Å²) < 4.78 is 5.34. The molecule has 3 aliphatic heterocycles. The van der Waals surface area contributed by atoms with E-state index < -0.39 is 0 Å². The summed E-state index contributed by atoms with van der Waals surface area (Å²) in [4.78, 5) is 15.9.